The second-order valence-corrected chi connectivity index (χ2v) is 5.33. The number of benzene rings is 2. The van der Waals surface area contributed by atoms with Gasteiger partial charge in [0.2, 0.25) is 0 Å². The largest absolute Gasteiger partial charge is 0.316 e. The van der Waals surface area contributed by atoms with Gasteiger partial charge in [0.25, 0.3) is 0 Å². The molecule has 0 saturated carbocycles. The third-order valence-electron chi connectivity index (χ3n) is 3.99. The van der Waals surface area contributed by atoms with Crippen LogP contribution in [-0.4, -0.2) is 27.9 Å². The molecule has 0 aliphatic rings. The Morgan fingerprint density at radius 2 is 1.90 bits per heavy atom. The topological polar surface area (TPSA) is 42.7 Å². The molecule has 4 heteroatoms. The van der Waals surface area contributed by atoms with Crippen molar-refractivity contribution in [2.45, 2.75) is 18.9 Å². The minimum atomic E-state index is 0.346. The first-order chi connectivity index (χ1) is 10.3. The Morgan fingerprint density at radius 3 is 2.67 bits per heavy atom. The Hall–Kier alpha value is -2.20. The van der Waals surface area contributed by atoms with Crippen LogP contribution in [0.5, 0.6) is 0 Å². The average Bonchev–Trinajstić information content (AvgIpc) is 2.92. The van der Waals surface area contributed by atoms with Gasteiger partial charge in [0.1, 0.15) is 12.2 Å². The van der Waals surface area contributed by atoms with Crippen molar-refractivity contribution >= 4 is 10.8 Å². The maximum atomic E-state index is 4.32. The van der Waals surface area contributed by atoms with E-state index in [9.17, 15) is 0 Å². The molecule has 1 unspecified atom stereocenters. The molecule has 3 aromatic rings. The van der Waals surface area contributed by atoms with E-state index in [0.29, 0.717) is 6.04 Å². The van der Waals surface area contributed by atoms with Gasteiger partial charge in [-0.15, -0.1) is 0 Å². The lowest BCUT2D eigenvalue weighted by Gasteiger charge is -2.17. The molecule has 1 aromatic heterocycles. The Kier molecular flexibility index (Phi) is 3.97. The van der Waals surface area contributed by atoms with E-state index in [-0.39, 0.29) is 0 Å². The first kappa shape index (κ1) is 13.8. The van der Waals surface area contributed by atoms with E-state index in [1.165, 1.54) is 16.3 Å². The fourth-order valence-corrected chi connectivity index (χ4v) is 2.74. The number of aryl methyl sites for hydroxylation is 1. The van der Waals surface area contributed by atoms with E-state index in [4.69, 9.17) is 0 Å². The van der Waals surface area contributed by atoms with E-state index < -0.39 is 0 Å². The molecular formula is C17H20N4. The summed E-state index contributed by atoms with van der Waals surface area (Å²) in [6.45, 7) is 0. The van der Waals surface area contributed by atoms with E-state index in [2.05, 4.69) is 57.9 Å². The summed E-state index contributed by atoms with van der Waals surface area (Å²) in [7, 11) is 3.94. The summed E-state index contributed by atoms with van der Waals surface area (Å²) >= 11 is 0. The number of likely N-dealkylation sites (N-methyl/N-ethyl adjacent to an activating group) is 1. The van der Waals surface area contributed by atoms with E-state index in [1.807, 2.05) is 18.8 Å². The molecule has 1 N–H and O–H groups in total. The van der Waals surface area contributed by atoms with E-state index in [1.54, 1.807) is 6.33 Å². The summed E-state index contributed by atoms with van der Waals surface area (Å²) in [5, 5.41) is 10.2. The highest BCUT2D eigenvalue weighted by molar-refractivity contribution is 5.85. The second-order valence-electron chi connectivity index (χ2n) is 5.33. The number of nitrogens with one attached hydrogen (secondary N) is 1. The molecule has 0 saturated heterocycles. The summed E-state index contributed by atoms with van der Waals surface area (Å²) in [6, 6.07) is 15.4. The fourth-order valence-electron chi connectivity index (χ4n) is 2.74. The third-order valence-corrected chi connectivity index (χ3v) is 3.99. The van der Waals surface area contributed by atoms with Gasteiger partial charge in [0.05, 0.1) is 0 Å². The van der Waals surface area contributed by atoms with Gasteiger partial charge in [-0.3, -0.25) is 4.68 Å². The van der Waals surface area contributed by atoms with Crippen molar-refractivity contribution in [2.24, 2.45) is 7.05 Å². The van der Waals surface area contributed by atoms with Gasteiger partial charge in [-0.05, 0) is 29.8 Å². The fraction of sp³-hybridized carbons (Fsp3) is 0.294. The molecule has 0 radical (unpaired) electrons. The lowest BCUT2D eigenvalue weighted by molar-refractivity contribution is 0.528. The van der Waals surface area contributed by atoms with Crippen LogP contribution in [0, 0.1) is 0 Å². The maximum Gasteiger partial charge on any atom is 0.138 e. The zero-order chi connectivity index (χ0) is 14.7. The summed E-state index contributed by atoms with van der Waals surface area (Å²) < 4.78 is 1.84. The van der Waals surface area contributed by atoms with Gasteiger partial charge >= 0.3 is 0 Å². The molecule has 3 rings (SSSR count). The maximum absolute atomic E-state index is 4.32. The Labute approximate surface area is 124 Å². The van der Waals surface area contributed by atoms with Crippen LogP contribution in [0.3, 0.4) is 0 Å². The van der Waals surface area contributed by atoms with Gasteiger partial charge < -0.3 is 5.32 Å². The lowest BCUT2D eigenvalue weighted by atomic mass is 9.97. The van der Waals surface area contributed by atoms with Crippen LogP contribution in [0.4, 0.5) is 0 Å². The molecule has 21 heavy (non-hydrogen) atoms. The average molecular weight is 280 g/mol. The SMILES string of the molecule is CNC(Cc1cccc2ccccc12)Cc1ncnn1C. The van der Waals surface area contributed by atoms with Crippen molar-refractivity contribution in [3.63, 3.8) is 0 Å². The third kappa shape index (κ3) is 2.95. The zero-order valence-electron chi connectivity index (χ0n) is 12.5. The molecule has 0 aliphatic heterocycles. The highest BCUT2D eigenvalue weighted by Crippen LogP contribution is 2.20. The highest BCUT2D eigenvalue weighted by atomic mass is 15.3. The van der Waals surface area contributed by atoms with Crippen LogP contribution in [-0.2, 0) is 19.9 Å². The smallest absolute Gasteiger partial charge is 0.138 e. The normalized spacial score (nSPS) is 12.7. The predicted molar refractivity (Wildman–Crippen MR) is 85.2 cm³/mol. The molecule has 2 aromatic carbocycles. The number of fused-ring (bicyclic) bond motifs is 1. The Morgan fingerprint density at radius 1 is 1.10 bits per heavy atom. The van der Waals surface area contributed by atoms with Crippen molar-refractivity contribution in [1.29, 1.82) is 0 Å². The van der Waals surface area contributed by atoms with Crippen molar-refractivity contribution in [2.75, 3.05) is 7.05 Å². The molecular weight excluding hydrogens is 260 g/mol. The predicted octanol–water partition coefficient (Wildman–Crippen LogP) is 2.34. The lowest BCUT2D eigenvalue weighted by Crippen LogP contribution is -2.31. The van der Waals surface area contributed by atoms with Gasteiger partial charge in [0, 0.05) is 19.5 Å². The summed E-state index contributed by atoms with van der Waals surface area (Å²) in [5.74, 6) is 1.01. The van der Waals surface area contributed by atoms with E-state index in [0.717, 1.165) is 18.7 Å². The molecule has 1 heterocycles. The summed E-state index contributed by atoms with van der Waals surface area (Å²) in [5.41, 5.74) is 1.37. The Balaban J connectivity index is 1.84. The van der Waals surface area contributed by atoms with Gasteiger partial charge in [-0.1, -0.05) is 42.5 Å². The van der Waals surface area contributed by atoms with Gasteiger partial charge in [-0.2, -0.15) is 5.10 Å². The number of hydrogen-bond donors (Lipinski definition) is 1. The number of nitrogens with zero attached hydrogens (tertiary/aromatic N) is 3. The van der Waals surface area contributed by atoms with Crippen molar-refractivity contribution in [3.05, 3.63) is 60.2 Å². The van der Waals surface area contributed by atoms with Crippen LogP contribution in [0.1, 0.15) is 11.4 Å². The Bertz CT molecular complexity index is 727. The van der Waals surface area contributed by atoms with Crippen LogP contribution in [0.25, 0.3) is 10.8 Å². The molecule has 0 amide bonds. The molecule has 0 bridgehead atoms. The molecule has 0 fully saturated rings. The van der Waals surface area contributed by atoms with Crippen LogP contribution in [0.2, 0.25) is 0 Å². The quantitative estimate of drug-likeness (QED) is 0.780. The van der Waals surface area contributed by atoms with Crippen LogP contribution in [0.15, 0.2) is 48.8 Å². The first-order valence-electron chi connectivity index (χ1n) is 7.24. The van der Waals surface area contributed by atoms with Crippen LogP contribution < -0.4 is 5.32 Å². The van der Waals surface area contributed by atoms with E-state index >= 15 is 0 Å². The molecule has 108 valence electrons. The zero-order valence-corrected chi connectivity index (χ0v) is 12.5. The number of rotatable bonds is 5. The monoisotopic (exact) mass is 280 g/mol. The molecule has 4 nitrogen and oxygen atoms in total. The van der Waals surface area contributed by atoms with Crippen molar-refractivity contribution < 1.29 is 0 Å². The molecule has 0 spiro atoms. The van der Waals surface area contributed by atoms with Crippen molar-refractivity contribution in [3.8, 4) is 0 Å². The molecule has 1 atom stereocenters. The van der Waals surface area contributed by atoms with Crippen LogP contribution >= 0.6 is 0 Å². The standard InChI is InChI=1S/C17H20N4/c1-18-15(11-17-19-12-20-21(17)2)10-14-8-5-7-13-6-3-4-9-16(13)14/h3-9,12,15,18H,10-11H2,1-2H3. The number of aromatic nitrogens is 3. The number of hydrogen-bond acceptors (Lipinski definition) is 3. The summed E-state index contributed by atoms with van der Waals surface area (Å²) in [4.78, 5) is 4.32. The second kappa shape index (κ2) is 6.06. The highest BCUT2D eigenvalue weighted by Gasteiger charge is 2.13. The summed E-state index contributed by atoms with van der Waals surface area (Å²) in [6.07, 6.45) is 3.46. The first-order valence-corrected chi connectivity index (χ1v) is 7.24. The van der Waals surface area contributed by atoms with Crippen molar-refractivity contribution in [1.82, 2.24) is 20.1 Å². The van der Waals surface area contributed by atoms with Gasteiger partial charge in [-0.25, -0.2) is 4.98 Å². The minimum Gasteiger partial charge on any atom is -0.316 e. The minimum absolute atomic E-state index is 0.346. The van der Waals surface area contributed by atoms with Gasteiger partial charge in [0.15, 0.2) is 0 Å². The molecule has 0 aliphatic carbocycles.